The molecule has 0 aliphatic carbocycles. The van der Waals surface area contributed by atoms with Crippen LogP contribution in [0.1, 0.15) is 15.9 Å². The van der Waals surface area contributed by atoms with Gasteiger partial charge in [0.05, 0.1) is 0 Å². The van der Waals surface area contributed by atoms with E-state index < -0.39 is 6.61 Å². The van der Waals surface area contributed by atoms with Gasteiger partial charge in [-0.1, -0.05) is 17.7 Å². The van der Waals surface area contributed by atoms with E-state index in [2.05, 4.69) is 10.1 Å². The van der Waals surface area contributed by atoms with Crippen LogP contribution in [0.4, 0.5) is 14.5 Å². The Kier molecular flexibility index (Phi) is 4.30. The molecule has 0 bridgehead atoms. The topological polar surface area (TPSA) is 38.3 Å². The Labute approximate surface area is 115 Å². The van der Waals surface area contributed by atoms with Crippen LogP contribution in [0.15, 0.2) is 48.5 Å². The third kappa shape index (κ3) is 3.78. The second kappa shape index (κ2) is 6.14. The molecule has 1 amide bonds. The molecular weight excluding hydrogens is 264 g/mol. The first-order chi connectivity index (χ1) is 9.54. The van der Waals surface area contributed by atoms with Gasteiger partial charge >= 0.3 is 6.61 Å². The summed E-state index contributed by atoms with van der Waals surface area (Å²) in [5.41, 5.74) is 2.04. The molecule has 2 aromatic carbocycles. The zero-order valence-corrected chi connectivity index (χ0v) is 10.8. The lowest BCUT2D eigenvalue weighted by Gasteiger charge is -2.08. The highest BCUT2D eigenvalue weighted by atomic mass is 19.3. The minimum atomic E-state index is -2.86. The molecular formula is C15H13F2NO2. The fourth-order valence-corrected chi connectivity index (χ4v) is 1.71. The van der Waals surface area contributed by atoms with E-state index in [-0.39, 0.29) is 11.7 Å². The van der Waals surface area contributed by atoms with Crippen molar-refractivity contribution in [2.24, 2.45) is 0 Å². The summed E-state index contributed by atoms with van der Waals surface area (Å²) in [5.74, 6) is -0.204. The van der Waals surface area contributed by atoms with Crippen LogP contribution in [0.5, 0.6) is 5.75 Å². The number of rotatable bonds is 4. The first-order valence-corrected chi connectivity index (χ1v) is 5.97. The molecule has 2 rings (SSSR count). The second-order valence-corrected chi connectivity index (χ2v) is 4.23. The van der Waals surface area contributed by atoms with Crippen LogP contribution in [0.2, 0.25) is 0 Å². The summed E-state index contributed by atoms with van der Waals surface area (Å²) in [5, 5.41) is 2.68. The van der Waals surface area contributed by atoms with Crippen LogP contribution in [0.3, 0.4) is 0 Å². The standard InChI is InChI=1S/C15H13F2NO2/c1-10-3-2-4-11(9-10)14(19)18-12-5-7-13(8-6-12)20-15(16)17/h2-9,15H,1H3,(H,18,19). The average molecular weight is 277 g/mol. The maximum absolute atomic E-state index is 12.0. The number of alkyl halides is 2. The van der Waals surface area contributed by atoms with E-state index in [1.807, 2.05) is 13.0 Å². The average Bonchev–Trinajstić information content (AvgIpc) is 2.40. The predicted octanol–water partition coefficient (Wildman–Crippen LogP) is 3.85. The van der Waals surface area contributed by atoms with Gasteiger partial charge in [0.15, 0.2) is 0 Å². The molecule has 0 atom stereocenters. The number of nitrogens with one attached hydrogen (secondary N) is 1. The lowest BCUT2D eigenvalue weighted by Crippen LogP contribution is -2.11. The lowest BCUT2D eigenvalue weighted by molar-refractivity contribution is -0.0498. The van der Waals surface area contributed by atoms with Gasteiger partial charge in [0.2, 0.25) is 0 Å². The van der Waals surface area contributed by atoms with Crippen molar-refractivity contribution < 1.29 is 18.3 Å². The number of carbonyl (C=O) groups is 1. The maximum Gasteiger partial charge on any atom is 0.387 e. The molecule has 5 heteroatoms. The SMILES string of the molecule is Cc1cccc(C(=O)Nc2ccc(OC(F)F)cc2)c1. The molecule has 0 unspecified atom stereocenters. The normalized spacial score (nSPS) is 10.4. The number of carbonyl (C=O) groups excluding carboxylic acids is 1. The van der Waals surface area contributed by atoms with Crippen molar-refractivity contribution in [2.45, 2.75) is 13.5 Å². The Morgan fingerprint density at radius 2 is 1.85 bits per heavy atom. The molecule has 0 aliphatic heterocycles. The van der Waals surface area contributed by atoms with Gasteiger partial charge in [-0.05, 0) is 43.3 Å². The van der Waals surface area contributed by atoms with E-state index in [9.17, 15) is 13.6 Å². The molecule has 0 heterocycles. The molecule has 1 N–H and O–H groups in total. The van der Waals surface area contributed by atoms with Crippen molar-refractivity contribution in [1.29, 1.82) is 0 Å². The molecule has 0 aromatic heterocycles. The summed E-state index contributed by atoms with van der Waals surface area (Å²) in [6, 6.07) is 12.9. The monoisotopic (exact) mass is 277 g/mol. The molecule has 0 radical (unpaired) electrons. The van der Waals surface area contributed by atoms with Gasteiger partial charge in [-0.15, -0.1) is 0 Å². The smallest absolute Gasteiger partial charge is 0.387 e. The number of benzene rings is 2. The number of amides is 1. The number of ether oxygens (including phenoxy) is 1. The van der Waals surface area contributed by atoms with Gasteiger partial charge in [0, 0.05) is 11.3 Å². The zero-order chi connectivity index (χ0) is 14.5. The molecule has 0 saturated heterocycles. The third-order valence-electron chi connectivity index (χ3n) is 2.62. The van der Waals surface area contributed by atoms with Crippen LogP contribution >= 0.6 is 0 Å². The summed E-state index contributed by atoms with van der Waals surface area (Å²) >= 11 is 0. The Morgan fingerprint density at radius 3 is 2.45 bits per heavy atom. The third-order valence-corrected chi connectivity index (χ3v) is 2.62. The van der Waals surface area contributed by atoms with Crippen LogP contribution in [0.25, 0.3) is 0 Å². The number of aryl methyl sites for hydroxylation is 1. The highest BCUT2D eigenvalue weighted by molar-refractivity contribution is 6.04. The maximum atomic E-state index is 12.0. The Morgan fingerprint density at radius 1 is 1.15 bits per heavy atom. The molecule has 0 aliphatic rings. The molecule has 20 heavy (non-hydrogen) atoms. The van der Waals surface area contributed by atoms with E-state index in [1.54, 1.807) is 18.2 Å². The first-order valence-electron chi connectivity index (χ1n) is 5.97. The summed E-state index contributed by atoms with van der Waals surface area (Å²) < 4.78 is 28.2. The molecule has 0 fully saturated rings. The van der Waals surface area contributed by atoms with Crippen molar-refractivity contribution in [3.8, 4) is 5.75 Å². The van der Waals surface area contributed by atoms with E-state index >= 15 is 0 Å². The van der Waals surface area contributed by atoms with E-state index in [4.69, 9.17) is 0 Å². The fraction of sp³-hybridized carbons (Fsp3) is 0.133. The molecule has 0 spiro atoms. The highest BCUT2D eigenvalue weighted by Crippen LogP contribution is 2.18. The van der Waals surface area contributed by atoms with Crippen LogP contribution in [0, 0.1) is 6.92 Å². The summed E-state index contributed by atoms with van der Waals surface area (Å²) in [7, 11) is 0. The van der Waals surface area contributed by atoms with Gasteiger partial charge in [-0.3, -0.25) is 4.79 Å². The van der Waals surface area contributed by atoms with E-state index in [0.29, 0.717) is 11.3 Å². The number of anilines is 1. The van der Waals surface area contributed by atoms with Gasteiger partial charge in [0.25, 0.3) is 5.91 Å². The summed E-state index contributed by atoms with van der Waals surface area (Å²) in [6.07, 6.45) is 0. The van der Waals surface area contributed by atoms with Crippen molar-refractivity contribution >= 4 is 11.6 Å². The minimum absolute atomic E-state index is 0.0496. The second-order valence-electron chi connectivity index (χ2n) is 4.23. The van der Waals surface area contributed by atoms with Crippen molar-refractivity contribution in [3.05, 3.63) is 59.7 Å². The fourth-order valence-electron chi connectivity index (χ4n) is 1.71. The molecule has 0 saturated carbocycles. The van der Waals surface area contributed by atoms with Gasteiger partial charge in [0.1, 0.15) is 5.75 Å². The van der Waals surface area contributed by atoms with Crippen LogP contribution in [-0.2, 0) is 0 Å². The Balaban J connectivity index is 2.04. The lowest BCUT2D eigenvalue weighted by atomic mass is 10.1. The Bertz CT molecular complexity index is 597. The summed E-state index contributed by atoms with van der Waals surface area (Å²) in [6.45, 7) is -0.962. The predicted molar refractivity (Wildman–Crippen MR) is 72.2 cm³/mol. The van der Waals surface area contributed by atoms with Crippen molar-refractivity contribution in [2.75, 3.05) is 5.32 Å². The minimum Gasteiger partial charge on any atom is -0.435 e. The highest BCUT2D eigenvalue weighted by Gasteiger charge is 2.07. The first kappa shape index (κ1) is 14.0. The van der Waals surface area contributed by atoms with E-state index in [0.717, 1.165) is 5.56 Å². The van der Waals surface area contributed by atoms with Gasteiger partial charge in [-0.25, -0.2) is 0 Å². The van der Waals surface area contributed by atoms with Crippen molar-refractivity contribution in [3.63, 3.8) is 0 Å². The zero-order valence-electron chi connectivity index (χ0n) is 10.8. The van der Waals surface area contributed by atoms with Gasteiger partial charge < -0.3 is 10.1 Å². The van der Waals surface area contributed by atoms with Crippen LogP contribution in [-0.4, -0.2) is 12.5 Å². The van der Waals surface area contributed by atoms with Gasteiger partial charge in [-0.2, -0.15) is 8.78 Å². The van der Waals surface area contributed by atoms with Crippen LogP contribution < -0.4 is 10.1 Å². The summed E-state index contributed by atoms with van der Waals surface area (Å²) in [4.78, 5) is 12.0. The quantitative estimate of drug-likeness (QED) is 0.921. The number of hydrogen-bond donors (Lipinski definition) is 1. The number of halogens is 2. The Hall–Kier alpha value is -2.43. The van der Waals surface area contributed by atoms with Crippen molar-refractivity contribution in [1.82, 2.24) is 0 Å². The molecule has 104 valence electrons. The largest absolute Gasteiger partial charge is 0.435 e. The molecule has 3 nitrogen and oxygen atoms in total. The number of hydrogen-bond acceptors (Lipinski definition) is 2. The molecule has 2 aromatic rings. The van der Waals surface area contributed by atoms with E-state index in [1.165, 1.54) is 24.3 Å².